The van der Waals surface area contributed by atoms with Crippen LogP contribution in [0, 0.1) is 12.8 Å². The summed E-state index contributed by atoms with van der Waals surface area (Å²) in [5.41, 5.74) is 1.53. The van der Waals surface area contributed by atoms with Crippen LogP contribution in [0.5, 0.6) is 5.75 Å². The first-order valence-corrected chi connectivity index (χ1v) is 8.21. The second-order valence-corrected chi connectivity index (χ2v) is 6.27. The molecule has 1 aliphatic carbocycles. The molecule has 0 bridgehead atoms. The molecule has 126 valence electrons. The smallest absolute Gasteiger partial charge is 0.224 e. The van der Waals surface area contributed by atoms with Crippen molar-refractivity contribution in [2.24, 2.45) is 5.92 Å². The van der Waals surface area contributed by atoms with Gasteiger partial charge in [0.15, 0.2) is 0 Å². The molecule has 0 spiro atoms. The first-order valence-electron chi connectivity index (χ1n) is 7.84. The normalized spacial score (nSPS) is 14.1. The molecule has 1 fully saturated rings. The van der Waals surface area contributed by atoms with Crippen molar-refractivity contribution in [3.63, 3.8) is 0 Å². The van der Waals surface area contributed by atoms with E-state index in [-0.39, 0.29) is 17.7 Å². The van der Waals surface area contributed by atoms with E-state index in [1.54, 1.807) is 18.1 Å². The lowest BCUT2D eigenvalue weighted by atomic mass is 9.85. The first kappa shape index (κ1) is 17.6. The number of amides is 2. The Morgan fingerprint density at radius 2 is 2.09 bits per heavy atom. The van der Waals surface area contributed by atoms with Crippen LogP contribution in [0.1, 0.15) is 31.7 Å². The molecule has 0 unspecified atom stereocenters. The third kappa shape index (κ3) is 4.16. The minimum atomic E-state index is -0.108. The van der Waals surface area contributed by atoms with Crippen LogP contribution in [-0.2, 0) is 9.59 Å². The molecule has 0 aromatic heterocycles. The molecular formula is C17H23ClN2O3. The van der Waals surface area contributed by atoms with Gasteiger partial charge in [0.1, 0.15) is 5.75 Å². The Labute approximate surface area is 141 Å². The summed E-state index contributed by atoms with van der Waals surface area (Å²) in [4.78, 5) is 25.5. The number of hydrogen-bond donors (Lipinski definition) is 1. The third-order valence-electron chi connectivity index (χ3n) is 4.24. The van der Waals surface area contributed by atoms with E-state index in [4.69, 9.17) is 16.3 Å². The highest BCUT2D eigenvalue weighted by atomic mass is 35.5. The molecule has 0 atom stereocenters. The van der Waals surface area contributed by atoms with Crippen LogP contribution in [0.3, 0.4) is 0 Å². The Balaban J connectivity index is 2.07. The number of halogens is 1. The number of carbonyl (C=O) groups is 2. The highest BCUT2D eigenvalue weighted by Gasteiger charge is 2.25. The van der Waals surface area contributed by atoms with Crippen molar-refractivity contribution in [3.8, 4) is 5.75 Å². The average Bonchev–Trinajstić information content (AvgIpc) is 2.44. The number of aryl methyl sites for hydroxylation is 1. The van der Waals surface area contributed by atoms with Crippen molar-refractivity contribution in [2.45, 2.75) is 33.1 Å². The molecule has 1 aliphatic rings. The maximum Gasteiger partial charge on any atom is 0.224 e. The van der Waals surface area contributed by atoms with Crippen LogP contribution in [0.2, 0.25) is 5.02 Å². The van der Waals surface area contributed by atoms with E-state index in [2.05, 4.69) is 5.32 Å². The van der Waals surface area contributed by atoms with Gasteiger partial charge in [-0.3, -0.25) is 9.59 Å². The lowest BCUT2D eigenvalue weighted by molar-refractivity contribution is -0.127. The lowest BCUT2D eigenvalue weighted by Gasteiger charge is -2.26. The van der Waals surface area contributed by atoms with E-state index in [1.165, 1.54) is 6.92 Å². The van der Waals surface area contributed by atoms with E-state index in [0.29, 0.717) is 29.5 Å². The summed E-state index contributed by atoms with van der Waals surface area (Å²) in [5.74, 6) is 0.663. The van der Waals surface area contributed by atoms with Crippen LogP contribution >= 0.6 is 11.6 Å². The second-order valence-electron chi connectivity index (χ2n) is 5.86. The van der Waals surface area contributed by atoms with Gasteiger partial charge in [-0.25, -0.2) is 0 Å². The summed E-state index contributed by atoms with van der Waals surface area (Å²) in [7, 11) is 1.54. The quantitative estimate of drug-likeness (QED) is 0.867. The fourth-order valence-corrected chi connectivity index (χ4v) is 2.73. The van der Waals surface area contributed by atoms with Gasteiger partial charge in [-0.05, 0) is 31.4 Å². The van der Waals surface area contributed by atoms with Gasteiger partial charge in [-0.2, -0.15) is 0 Å². The van der Waals surface area contributed by atoms with E-state index < -0.39 is 0 Å². The number of rotatable bonds is 6. The topological polar surface area (TPSA) is 58.6 Å². The van der Waals surface area contributed by atoms with Gasteiger partial charge in [0, 0.05) is 37.0 Å². The SMILES string of the molecule is COc1cc(Cl)c(C)cc1N(CCNC(=O)C1CCC1)C(C)=O. The molecular weight excluding hydrogens is 316 g/mol. The van der Waals surface area contributed by atoms with Crippen molar-refractivity contribution in [2.75, 3.05) is 25.1 Å². The lowest BCUT2D eigenvalue weighted by Crippen LogP contribution is -2.41. The van der Waals surface area contributed by atoms with E-state index in [0.717, 1.165) is 24.8 Å². The zero-order valence-electron chi connectivity index (χ0n) is 13.8. The van der Waals surface area contributed by atoms with Crippen LogP contribution in [0.4, 0.5) is 5.69 Å². The summed E-state index contributed by atoms with van der Waals surface area (Å²) in [6.45, 7) is 4.18. The predicted molar refractivity (Wildman–Crippen MR) is 91.1 cm³/mol. The summed E-state index contributed by atoms with van der Waals surface area (Å²) in [5, 5.41) is 3.49. The Bertz CT molecular complexity index is 600. The van der Waals surface area contributed by atoms with Crippen LogP contribution in [0.25, 0.3) is 0 Å². The third-order valence-corrected chi connectivity index (χ3v) is 4.65. The number of benzene rings is 1. The van der Waals surface area contributed by atoms with Gasteiger partial charge in [0.25, 0.3) is 0 Å². The largest absolute Gasteiger partial charge is 0.495 e. The molecule has 1 aromatic rings. The van der Waals surface area contributed by atoms with E-state index in [1.807, 2.05) is 13.0 Å². The fourth-order valence-electron chi connectivity index (χ4n) is 2.58. The summed E-state index contributed by atoms with van der Waals surface area (Å²) in [6.07, 6.45) is 3.05. The summed E-state index contributed by atoms with van der Waals surface area (Å²) in [6, 6.07) is 3.53. The molecule has 6 heteroatoms. The molecule has 0 saturated heterocycles. The maximum atomic E-state index is 12.0. The van der Waals surface area contributed by atoms with Crippen LogP contribution in [0.15, 0.2) is 12.1 Å². The van der Waals surface area contributed by atoms with E-state index in [9.17, 15) is 9.59 Å². The molecule has 2 amide bonds. The van der Waals surface area contributed by atoms with Gasteiger partial charge in [0.05, 0.1) is 12.8 Å². The summed E-state index contributed by atoms with van der Waals surface area (Å²) >= 11 is 6.11. The number of ether oxygens (including phenoxy) is 1. The predicted octanol–water partition coefficient (Wildman–Crippen LogP) is 2.93. The standard InChI is InChI=1S/C17H23ClN2O3/c1-11-9-15(16(23-3)10-14(11)18)20(12(2)21)8-7-19-17(22)13-5-4-6-13/h9-10,13H,4-8H2,1-3H3,(H,19,22). The molecule has 5 nitrogen and oxygen atoms in total. The molecule has 0 aliphatic heterocycles. The van der Waals surface area contributed by atoms with Crippen molar-refractivity contribution in [1.82, 2.24) is 5.32 Å². The Hall–Kier alpha value is -1.75. The minimum absolute atomic E-state index is 0.0824. The Kier molecular flexibility index (Phi) is 5.88. The molecule has 0 heterocycles. The number of nitrogens with one attached hydrogen (secondary N) is 1. The second kappa shape index (κ2) is 7.68. The number of anilines is 1. The highest BCUT2D eigenvalue weighted by Crippen LogP contribution is 2.33. The Morgan fingerprint density at radius 3 is 2.61 bits per heavy atom. The number of methoxy groups -OCH3 is 1. The first-order chi connectivity index (χ1) is 10.9. The van der Waals surface area contributed by atoms with Gasteiger partial charge in [-0.15, -0.1) is 0 Å². The minimum Gasteiger partial charge on any atom is -0.495 e. The fraction of sp³-hybridized carbons (Fsp3) is 0.529. The van der Waals surface area contributed by atoms with Gasteiger partial charge in [0.2, 0.25) is 11.8 Å². The molecule has 23 heavy (non-hydrogen) atoms. The van der Waals surface area contributed by atoms with Crippen molar-refractivity contribution in [3.05, 3.63) is 22.7 Å². The van der Waals surface area contributed by atoms with Crippen molar-refractivity contribution >= 4 is 29.1 Å². The summed E-state index contributed by atoms with van der Waals surface area (Å²) < 4.78 is 5.34. The van der Waals surface area contributed by atoms with Gasteiger partial charge >= 0.3 is 0 Å². The monoisotopic (exact) mass is 338 g/mol. The van der Waals surface area contributed by atoms with Crippen molar-refractivity contribution < 1.29 is 14.3 Å². The van der Waals surface area contributed by atoms with Crippen molar-refractivity contribution in [1.29, 1.82) is 0 Å². The van der Waals surface area contributed by atoms with Crippen LogP contribution < -0.4 is 15.0 Å². The number of nitrogens with zero attached hydrogens (tertiary/aromatic N) is 1. The zero-order chi connectivity index (χ0) is 17.0. The molecule has 1 aromatic carbocycles. The van der Waals surface area contributed by atoms with Gasteiger partial charge < -0.3 is 15.0 Å². The molecule has 2 rings (SSSR count). The highest BCUT2D eigenvalue weighted by molar-refractivity contribution is 6.31. The molecule has 1 saturated carbocycles. The molecule has 0 radical (unpaired) electrons. The number of hydrogen-bond acceptors (Lipinski definition) is 3. The number of carbonyl (C=O) groups excluding carboxylic acids is 2. The Morgan fingerprint density at radius 1 is 1.39 bits per heavy atom. The van der Waals surface area contributed by atoms with Gasteiger partial charge in [-0.1, -0.05) is 18.0 Å². The average molecular weight is 339 g/mol. The zero-order valence-corrected chi connectivity index (χ0v) is 14.6. The molecule has 1 N–H and O–H groups in total. The maximum absolute atomic E-state index is 12.0. The van der Waals surface area contributed by atoms with Crippen LogP contribution in [-0.4, -0.2) is 32.0 Å². The van der Waals surface area contributed by atoms with E-state index >= 15 is 0 Å².